The van der Waals surface area contributed by atoms with E-state index in [2.05, 4.69) is 5.16 Å². The van der Waals surface area contributed by atoms with Gasteiger partial charge in [0, 0.05) is 11.6 Å². The Morgan fingerprint density at radius 1 is 1.33 bits per heavy atom. The van der Waals surface area contributed by atoms with Crippen molar-refractivity contribution in [3.63, 3.8) is 0 Å². The Balaban J connectivity index is 2.45. The molecule has 0 saturated carbocycles. The van der Waals surface area contributed by atoms with Gasteiger partial charge in [-0.05, 0) is 25.1 Å². The first-order valence-electron chi connectivity index (χ1n) is 4.48. The number of nitrogens with zero attached hydrogens (tertiary/aromatic N) is 1. The molecule has 78 valence electrons. The second-order valence-corrected chi connectivity index (χ2v) is 3.59. The number of aromatic nitrogens is 1. The highest BCUT2D eigenvalue weighted by molar-refractivity contribution is 6.33. The molecule has 0 atom stereocenters. The van der Waals surface area contributed by atoms with Gasteiger partial charge in [0.15, 0.2) is 5.76 Å². The van der Waals surface area contributed by atoms with Crippen LogP contribution in [0.3, 0.4) is 0 Å². The maximum Gasteiger partial charge on any atom is 0.168 e. The van der Waals surface area contributed by atoms with E-state index in [1.807, 2.05) is 25.1 Å². The second kappa shape index (κ2) is 3.95. The summed E-state index contributed by atoms with van der Waals surface area (Å²) in [7, 11) is 1.60. The topological polar surface area (TPSA) is 35.3 Å². The Morgan fingerprint density at radius 3 is 2.67 bits per heavy atom. The lowest BCUT2D eigenvalue weighted by molar-refractivity contribution is 0.414. The van der Waals surface area contributed by atoms with Crippen molar-refractivity contribution in [1.29, 1.82) is 0 Å². The summed E-state index contributed by atoms with van der Waals surface area (Å²) < 4.78 is 10.2. The average Bonchev–Trinajstić information content (AvgIpc) is 2.64. The van der Waals surface area contributed by atoms with Crippen molar-refractivity contribution >= 4 is 11.6 Å². The summed E-state index contributed by atoms with van der Waals surface area (Å²) in [5.41, 5.74) is 1.65. The van der Waals surface area contributed by atoms with Crippen LogP contribution >= 0.6 is 11.6 Å². The normalized spacial score (nSPS) is 10.3. The Labute approximate surface area is 92.6 Å². The van der Waals surface area contributed by atoms with Crippen LogP contribution in [0.15, 0.2) is 28.8 Å². The number of hydrogen-bond donors (Lipinski definition) is 0. The minimum atomic E-state index is 0.588. The molecule has 0 aliphatic rings. The van der Waals surface area contributed by atoms with Crippen LogP contribution in [0.5, 0.6) is 5.75 Å². The van der Waals surface area contributed by atoms with Gasteiger partial charge in [0.2, 0.25) is 0 Å². The molecular formula is C11H10ClNO2. The van der Waals surface area contributed by atoms with Crippen molar-refractivity contribution < 1.29 is 9.26 Å². The van der Waals surface area contributed by atoms with E-state index in [1.165, 1.54) is 0 Å². The van der Waals surface area contributed by atoms with Crippen molar-refractivity contribution in [3.05, 3.63) is 35.0 Å². The molecule has 15 heavy (non-hydrogen) atoms. The summed E-state index contributed by atoms with van der Waals surface area (Å²) in [6, 6.07) is 7.27. The fourth-order valence-electron chi connectivity index (χ4n) is 1.31. The number of rotatable bonds is 2. The molecule has 1 heterocycles. The number of ether oxygens (including phenoxy) is 1. The molecule has 1 aromatic carbocycles. The van der Waals surface area contributed by atoms with Crippen LogP contribution in [0.2, 0.25) is 5.02 Å². The van der Waals surface area contributed by atoms with E-state index in [1.54, 1.807) is 13.2 Å². The van der Waals surface area contributed by atoms with Gasteiger partial charge in [-0.3, -0.25) is 0 Å². The van der Waals surface area contributed by atoms with Gasteiger partial charge >= 0.3 is 0 Å². The van der Waals surface area contributed by atoms with Crippen LogP contribution < -0.4 is 4.74 Å². The lowest BCUT2D eigenvalue weighted by Gasteiger charge is -2.03. The highest BCUT2D eigenvalue weighted by Gasteiger charge is 2.09. The van der Waals surface area contributed by atoms with E-state index in [9.17, 15) is 0 Å². The highest BCUT2D eigenvalue weighted by Crippen LogP contribution is 2.31. The molecule has 2 rings (SSSR count). The first kappa shape index (κ1) is 10.1. The molecule has 4 heteroatoms. The summed E-state index contributed by atoms with van der Waals surface area (Å²) in [5, 5.41) is 4.40. The summed E-state index contributed by atoms with van der Waals surface area (Å²) >= 11 is 6.08. The Bertz CT molecular complexity index is 479. The molecule has 0 bridgehead atoms. The second-order valence-electron chi connectivity index (χ2n) is 3.18. The zero-order chi connectivity index (χ0) is 10.8. The van der Waals surface area contributed by atoms with Gasteiger partial charge in [0.25, 0.3) is 0 Å². The Kier molecular flexibility index (Phi) is 2.64. The third-order valence-electron chi connectivity index (χ3n) is 2.07. The van der Waals surface area contributed by atoms with Crippen molar-refractivity contribution in [3.8, 4) is 17.1 Å². The number of halogens is 1. The fourth-order valence-corrected chi connectivity index (χ4v) is 1.58. The van der Waals surface area contributed by atoms with Gasteiger partial charge in [-0.2, -0.15) is 0 Å². The van der Waals surface area contributed by atoms with Crippen LogP contribution in [-0.4, -0.2) is 12.3 Å². The van der Waals surface area contributed by atoms with Crippen LogP contribution in [0.25, 0.3) is 11.3 Å². The van der Waals surface area contributed by atoms with Gasteiger partial charge in [0.1, 0.15) is 5.75 Å². The molecule has 0 spiro atoms. The molecule has 0 amide bonds. The van der Waals surface area contributed by atoms with Crippen LogP contribution in [-0.2, 0) is 0 Å². The quantitative estimate of drug-likeness (QED) is 0.784. The third-order valence-corrected chi connectivity index (χ3v) is 2.38. The first-order valence-corrected chi connectivity index (χ1v) is 4.86. The molecule has 0 N–H and O–H groups in total. The van der Waals surface area contributed by atoms with E-state index >= 15 is 0 Å². The minimum absolute atomic E-state index is 0.588. The number of methoxy groups -OCH3 is 1. The van der Waals surface area contributed by atoms with Gasteiger partial charge in [-0.15, -0.1) is 0 Å². The molecule has 0 saturated heterocycles. The average molecular weight is 224 g/mol. The summed E-state index contributed by atoms with van der Waals surface area (Å²) in [4.78, 5) is 0. The molecule has 2 aromatic rings. The van der Waals surface area contributed by atoms with Gasteiger partial charge in [-0.1, -0.05) is 16.8 Å². The predicted molar refractivity (Wildman–Crippen MR) is 58.2 cm³/mol. The predicted octanol–water partition coefficient (Wildman–Crippen LogP) is 3.31. The standard InChI is InChI=1S/C11H10ClNO2/c1-7-5-11(15-13-7)9-4-3-8(14-2)6-10(9)12/h3-6H,1-2H3. The maximum atomic E-state index is 6.08. The third kappa shape index (κ3) is 1.97. The van der Waals surface area contributed by atoms with Crippen molar-refractivity contribution in [1.82, 2.24) is 5.16 Å². The molecule has 0 fully saturated rings. The van der Waals surface area contributed by atoms with Gasteiger partial charge in [-0.25, -0.2) is 0 Å². The van der Waals surface area contributed by atoms with Crippen LogP contribution in [0.1, 0.15) is 5.69 Å². The van der Waals surface area contributed by atoms with E-state index in [0.29, 0.717) is 10.8 Å². The van der Waals surface area contributed by atoms with Crippen molar-refractivity contribution in [2.24, 2.45) is 0 Å². The van der Waals surface area contributed by atoms with Gasteiger partial charge in [0.05, 0.1) is 17.8 Å². The molecule has 0 unspecified atom stereocenters. The number of hydrogen-bond acceptors (Lipinski definition) is 3. The van der Waals surface area contributed by atoms with Gasteiger partial charge < -0.3 is 9.26 Å². The number of benzene rings is 1. The SMILES string of the molecule is COc1ccc(-c2cc(C)no2)c(Cl)c1. The minimum Gasteiger partial charge on any atom is -0.497 e. The summed E-state index contributed by atoms with van der Waals surface area (Å²) in [6.45, 7) is 1.87. The van der Waals surface area contributed by atoms with Crippen LogP contribution in [0.4, 0.5) is 0 Å². The monoisotopic (exact) mass is 223 g/mol. The Morgan fingerprint density at radius 2 is 2.13 bits per heavy atom. The van der Waals surface area contributed by atoms with Crippen LogP contribution in [0, 0.1) is 6.92 Å². The fraction of sp³-hybridized carbons (Fsp3) is 0.182. The summed E-state index contributed by atoms with van der Waals surface area (Å²) in [6.07, 6.45) is 0. The maximum absolute atomic E-state index is 6.08. The van der Waals surface area contributed by atoms with Crippen molar-refractivity contribution in [2.75, 3.05) is 7.11 Å². The van der Waals surface area contributed by atoms with E-state index in [4.69, 9.17) is 20.9 Å². The highest BCUT2D eigenvalue weighted by atomic mass is 35.5. The largest absolute Gasteiger partial charge is 0.497 e. The number of aryl methyl sites for hydroxylation is 1. The molecule has 3 nitrogen and oxygen atoms in total. The van der Waals surface area contributed by atoms with E-state index < -0.39 is 0 Å². The lowest BCUT2D eigenvalue weighted by atomic mass is 10.1. The van der Waals surface area contributed by atoms with E-state index in [0.717, 1.165) is 17.0 Å². The molecule has 0 aliphatic heterocycles. The first-order chi connectivity index (χ1) is 7.20. The molecule has 0 radical (unpaired) electrons. The summed E-state index contributed by atoms with van der Waals surface area (Å²) in [5.74, 6) is 1.39. The van der Waals surface area contributed by atoms with E-state index in [-0.39, 0.29) is 0 Å². The lowest BCUT2D eigenvalue weighted by Crippen LogP contribution is -1.83. The van der Waals surface area contributed by atoms with Crippen molar-refractivity contribution in [2.45, 2.75) is 6.92 Å². The zero-order valence-electron chi connectivity index (χ0n) is 8.45. The smallest absolute Gasteiger partial charge is 0.168 e. The molecular weight excluding hydrogens is 214 g/mol. The zero-order valence-corrected chi connectivity index (χ0v) is 9.21. The molecule has 0 aliphatic carbocycles. The Hall–Kier alpha value is -1.48. The molecule has 1 aromatic heterocycles.